The van der Waals surface area contributed by atoms with Gasteiger partial charge in [0.15, 0.2) is 17.3 Å². The average molecular weight is 390 g/mol. The van der Waals surface area contributed by atoms with Crippen molar-refractivity contribution in [3.63, 3.8) is 0 Å². The van der Waals surface area contributed by atoms with E-state index in [0.29, 0.717) is 18.7 Å². The highest BCUT2D eigenvalue weighted by atomic mass is 16.7. The summed E-state index contributed by atoms with van der Waals surface area (Å²) < 4.78 is 12.5. The third-order valence-electron chi connectivity index (χ3n) is 4.81. The van der Waals surface area contributed by atoms with Gasteiger partial charge in [-0.15, -0.1) is 0 Å². The zero-order valence-electron chi connectivity index (χ0n) is 16.4. The highest BCUT2D eigenvalue weighted by molar-refractivity contribution is 5.91. The van der Waals surface area contributed by atoms with Gasteiger partial charge in [-0.1, -0.05) is 12.1 Å². The number of hydrogen-bond acceptors (Lipinski definition) is 5. The summed E-state index contributed by atoms with van der Waals surface area (Å²) in [5.74, 6) is 2.07. The Morgan fingerprint density at radius 1 is 1.21 bits per heavy atom. The van der Waals surface area contributed by atoms with E-state index in [2.05, 4.69) is 15.4 Å². The second-order valence-electron chi connectivity index (χ2n) is 6.74. The van der Waals surface area contributed by atoms with Crippen LogP contribution in [0.1, 0.15) is 22.5 Å². The van der Waals surface area contributed by atoms with Crippen LogP contribution in [0.2, 0.25) is 0 Å². The molecule has 0 fully saturated rings. The van der Waals surface area contributed by atoms with E-state index in [-0.39, 0.29) is 12.7 Å². The van der Waals surface area contributed by atoms with E-state index in [0.717, 1.165) is 34.1 Å². The summed E-state index contributed by atoms with van der Waals surface area (Å²) in [4.78, 5) is 16.5. The van der Waals surface area contributed by atoms with Gasteiger partial charge in [-0.2, -0.15) is 5.10 Å². The van der Waals surface area contributed by atoms with E-state index in [4.69, 9.17) is 9.47 Å². The number of fused-ring (bicyclic) bond motifs is 1. The SMILES string of the molecule is Cc1nn(-c2ccccn2)c(C)c1CCNC(=O)/C=C/c1ccc2c(c1)OCO2. The van der Waals surface area contributed by atoms with Crippen LogP contribution >= 0.6 is 0 Å². The first-order chi connectivity index (χ1) is 14.1. The first-order valence-corrected chi connectivity index (χ1v) is 9.44. The molecule has 0 radical (unpaired) electrons. The highest BCUT2D eigenvalue weighted by Crippen LogP contribution is 2.32. The molecule has 0 atom stereocenters. The van der Waals surface area contributed by atoms with Gasteiger partial charge in [0.25, 0.3) is 0 Å². The molecule has 1 N–H and O–H groups in total. The van der Waals surface area contributed by atoms with Gasteiger partial charge in [0.2, 0.25) is 12.7 Å². The number of pyridine rings is 1. The van der Waals surface area contributed by atoms with Crippen LogP contribution in [0, 0.1) is 13.8 Å². The Labute approximate surface area is 169 Å². The Hall–Kier alpha value is -3.61. The quantitative estimate of drug-likeness (QED) is 0.655. The number of aryl methyl sites for hydroxylation is 1. The maximum atomic E-state index is 12.2. The monoisotopic (exact) mass is 390 g/mol. The third kappa shape index (κ3) is 4.13. The molecule has 7 heteroatoms. The molecule has 0 saturated heterocycles. The van der Waals surface area contributed by atoms with Crippen molar-refractivity contribution in [1.82, 2.24) is 20.1 Å². The Bertz CT molecular complexity index is 1060. The van der Waals surface area contributed by atoms with Crippen molar-refractivity contribution in [2.45, 2.75) is 20.3 Å². The molecule has 1 amide bonds. The van der Waals surface area contributed by atoms with Crippen LogP contribution in [0.25, 0.3) is 11.9 Å². The first kappa shape index (κ1) is 18.7. The number of ether oxygens (including phenoxy) is 2. The summed E-state index contributed by atoms with van der Waals surface area (Å²) in [5, 5.41) is 7.51. The lowest BCUT2D eigenvalue weighted by Crippen LogP contribution is -2.23. The molecule has 0 aliphatic carbocycles. The smallest absolute Gasteiger partial charge is 0.244 e. The number of nitrogens with one attached hydrogen (secondary N) is 1. The summed E-state index contributed by atoms with van der Waals surface area (Å²) in [7, 11) is 0. The van der Waals surface area contributed by atoms with Gasteiger partial charge in [0.1, 0.15) is 0 Å². The van der Waals surface area contributed by atoms with Crippen molar-refractivity contribution in [3.05, 3.63) is 71.2 Å². The third-order valence-corrected chi connectivity index (χ3v) is 4.81. The summed E-state index contributed by atoms with van der Waals surface area (Å²) >= 11 is 0. The topological polar surface area (TPSA) is 78.3 Å². The Balaban J connectivity index is 1.34. The first-order valence-electron chi connectivity index (χ1n) is 9.44. The predicted octanol–water partition coefficient (Wildman–Crippen LogP) is 2.98. The largest absolute Gasteiger partial charge is 0.454 e. The second kappa shape index (κ2) is 8.18. The van der Waals surface area contributed by atoms with Crippen molar-refractivity contribution in [2.24, 2.45) is 0 Å². The minimum absolute atomic E-state index is 0.143. The number of carbonyl (C=O) groups is 1. The van der Waals surface area contributed by atoms with Gasteiger partial charge in [-0.25, -0.2) is 9.67 Å². The number of benzene rings is 1. The molecule has 0 bridgehead atoms. The minimum Gasteiger partial charge on any atom is -0.454 e. The molecular formula is C22H22N4O3. The van der Waals surface area contributed by atoms with Gasteiger partial charge in [-0.3, -0.25) is 4.79 Å². The summed E-state index contributed by atoms with van der Waals surface area (Å²) in [6.07, 6.45) is 5.73. The molecule has 1 aliphatic rings. The number of aromatic nitrogens is 3. The summed E-state index contributed by atoms with van der Waals surface area (Å²) in [6, 6.07) is 11.3. The van der Waals surface area contributed by atoms with Gasteiger partial charge < -0.3 is 14.8 Å². The number of rotatable bonds is 6. The summed E-state index contributed by atoms with van der Waals surface area (Å²) in [5.41, 5.74) is 3.98. The Morgan fingerprint density at radius 3 is 2.90 bits per heavy atom. The van der Waals surface area contributed by atoms with Crippen LogP contribution in [0.15, 0.2) is 48.7 Å². The van der Waals surface area contributed by atoms with Gasteiger partial charge in [0.05, 0.1) is 5.69 Å². The van der Waals surface area contributed by atoms with Crippen LogP contribution < -0.4 is 14.8 Å². The van der Waals surface area contributed by atoms with Crippen molar-refractivity contribution in [1.29, 1.82) is 0 Å². The van der Waals surface area contributed by atoms with Gasteiger partial charge >= 0.3 is 0 Å². The van der Waals surface area contributed by atoms with E-state index in [1.54, 1.807) is 12.3 Å². The number of hydrogen-bond donors (Lipinski definition) is 1. The molecule has 0 unspecified atom stereocenters. The molecule has 7 nitrogen and oxygen atoms in total. The molecule has 3 aromatic rings. The van der Waals surface area contributed by atoms with Crippen molar-refractivity contribution in [2.75, 3.05) is 13.3 Å². The fraction of sp³-hybridized carbons (Fsp3) is 0.227. The van der Waals surface area contributed by atoms with Gasteiger partial charge in [0, 0.05) is 24.5 Å². The molecule has 3 heterocycles. The minimum atomic E-state index is -0.143. The average Bonchev–Trinajstić information content (AvgIpc) is 3.32. The van der Waals surface area contributed by atoms with Gasteiger partial charge in [-0.05, 0) is 61.7 Å². The maximum absolute atomic E-state index is 12.2. The molecule has 1 aliphatic heterocycles. The molecule has 0 saturated carbocycles. The lowest BCUT2D eigenvalue weighted by atomic mass is 10.1. The fourth-order valence-corrected chi connectivity index (χ4v) is 3.30. The van der Waals surface area contributed by atoms with E-state index in [1.807, 2.05) is 54.9 Å². The molecule has 29 heavy (non-hydrogen) atoms. The van der Waals surface area contributed by atoms with Crippen LogP contribution in [-0.4, -0.2) is 34.0 Å². The van der Waals surface area contributed by atoms with Crippen LogP contribution in [0.4, 0.5) is 0 Å². The maximum Gasteiger partial charge on any atom is 0.244 e. The summed E-state index contributed by atoms with van der Waals surface area (Å²) in [6.45, 7) is 4.76. The molecular weight excluding hydrogens is 368 g/mol. The number of nitrogens with zero attached hydrogens (tertiary/aromatic N) is 3. The fourth-order valence-electron chi connectivity index (χ4n) is 3.30. The van der Waals surface area contributed by atoms with E-state index >= 15 is 0 Å². The Kier molecular flexibility index (Phi) is 5.29. The molecule has 148 valence electrons. The van der Waals surface area contributed by atoms with Crippen LogP contribution in [0.5, 0.6) is 11.5 Å². The van der Waals surface area contributed by atoms with Crippen molar-refractivity contribution in [3.8, 4) is 17.3 Å². The number of carbonyl (C=O) groups excluding carboxylic acids is 1. The molecule has 1 aromatic carbocycles. The van der Waals surface area contributed by atoms with E-state index in [9.17, 15) is 4.79 Å². The van der Waals surface area contributed by atoms with Crippen LogP contribution in [-0.2, 0) is 11.2 Å². The zero-order chi connectivity index (χ0) is 20.2. The standard InChI is InChI=1S/C22H22N4O3/c1-15-18(16(2)26(25-15)21-5-3-4-11-23-21)10-12-24-22(27)9-7-17-6-8-19-20(13-17)29-14-28-19/h3-9,11,13H,10,12,14H2,1-2H3,(H,24,27)/b9-7+. The Morgan fingerprint density at radius 2 is 2.07 bits per heavy atom. The van der Waals surface area contributed by atoms with Crippen LogP contribution in [0.3, 0.4) is 0 Å². The molecule has 2 aromatic heterocycles. The van der Waals surface area contributed by atoms with Crippen molar-refractivity contribution < 1.29 is 14.3 Å². The van der Waals surface area contributed by atoms with Crippen molar-refractivity contribution >= 4 is 12.0 Å². The second-order valence-corrected chi connectivity index (χ2v) is 6.74. The normalized spacial score (nSPS) is 12.5. The number of amides is 1. The lowest BCUT2D eigenvalue weighted by molar-refractivity contribution is -0.116. The lowest BCUT2D eigenvalue weighted by Gasteiger charge is -2.05. The van der Waals surface area contributed by atoms with E-state index < -0.39 is 0 Å². The zero-order valence-corrected chi connectivity index (χ0v) is 16.4. The molecule has 0 spiro atoms. The molecule has 4 rings (SSSR count). The predicted molar refractivity (Wildman–Crippen MR) is 109 cm³/mol. The van der Waals surface area contributed by atoms with E-state index in [1.165, 1.54) is 6.08 Å². The highest BCUT2D eigenvalue weighted by Gasteiger charge is 2.14.